The molecule has 25 heavy (non-hydrogen) atoms. The first kappa shape index (κ1) is 15.2. The minimum Gasteiger partial charge on any atom is -0.345 e. The van der Waals surface area contributed by atoms with Crippen LogP contribution in [0.5, 0.6) is 0 Å². The molecule has 1 saturated carbocycles. The quantitative estimate of drug-likeness (QED) is 0.826. The maximum absolute atomic E-state index is 13.3. The molecule has 0 spiro atoms. The van der Waals surface area contributed by atoms with Crippen LogP contribution in [0.3, 0.4) is 0 Å². The number of hydrogen-bond acceptors (Lipinski definition) is 2. The molecule has 2 fully saturated rings. The van der Waals surface area contributed by atoms with Gasteiger partial charge in [-0.1, -0.05) is 41.9 Å². The number of benzene rings is 2. The predicted octanol–water partition coefficient (Wildman–Crippen LogP) is 4.22. The van der Waals surface area contributed by atoms with Crippen LogP contribution in [-0.2, 0) is 10.5 Å². The number of hydrogen-bond donors (Lipinski definition) is 0. The van der Waals surface area contributed by atoms with Gasteiger partial charge in [0.15, 0.2) is 5.72 Å². The summed E-state index contributed by atoms with van der Waals surface area (Å²) in [6, 6.07) is 15.8. The van der Waals surface area contributed by atoms with Crippen molar-refractivity contribution in [2.45, 2.75) is 18.6 Å². The Labute approximate surface area is 151 Å². The van der Waals surface area contributed by atoms with Crippen molar-refractivity contribution in [2.75, 3.05) is 24.6 Å². The lowest BCUT2D eigenvalue weighted by molar-refractivity contribution is -0.0347. The molecule has 3 aliphatic rings. The van der Waals surface area contributed by atoms with Crippen LogP contribution in [0.15, 0.2) is 48.5 Å². The third-order valence-corrected chi connectivity index (χ3v) is 5.62. The van der Waals surface area contributed by atoms with Crippen molar-refractivity contribution >= 4 is 23.3 Å². The summed E-state index contributed by atoms with van der Waals surface area (Å²) >= 11 is 6.34. The van der Waals surface area contributed by atoms with Gasteiger partial charge in [-0.15, -0.1) is 0 Å². The number of nitrogens with zero attached hydrogens (tertiary/aromatic N) is 2. The summed E-state index contributed by atoms with van der Waals surface area (Å²) in [4.78, 5) is 17.1. The van der Waals surface area contributed by atoms with Gasteiger partial charge in [0.2, 0.25) is 0 Å². The molecule has 0 aromatic heterocycles. The Morgan fingerprint density at radius 3 is 2.72 bits per heavy atom. The molecule has 1 aliphatic carbocycles. The Kier molecular flexibility index (Phi) is 3.34. The minimum atomic E-state index is -0.876. The van der Waals surface area contributed by atoms with E-state index in [0.717, 1.165) is 23.4 Å². The predicted molar refractivity (Wildman–Crippen MR) is 96.8 cm³/mol. The number of urea groups is 1. The molecule has 4 nitrogen and oxygen atoms in total. The minimum absolute atomic E-state index is 0.0306. The number of rotatable bonds is 3. The van der Waals surface area contributed by atoms with Crippen molar-refractivity contribution in [1.82, 2.24) is 4.90 Å². The molecule has 1 unspecified atom stereocenters. The number of carbonyl (C=O) groups is 1. The van der Waals surface area contributed by atoms with Crippen molar-refractivity contribution in [2.24, 2.45) is 5.92 Å². The summed E-state index contributed by atoms with van der Waals surface area (Å²) < 4.78 is 6.27. The summed E-state index contributed by atoms with van der Waals surface area (Å²) in [7, 11) is 0. The highest BCUT2D eigenvalue weighted by Crippen LogP contribution is 2.50. The van der Waals surface area contributed by atoms with Gasteiger partial charge in [-0.25, -0.2) is 4.79 Å². The zero-order valence-electron chi connectivity index (χ0n) is 13.8. The number of anilines is 1. The zero-order valence-corrected chi connectivity index (χ0v) is 14.6. The molecular formula is C20H19ClN2O2. The van der Waals surface area contributed by atoms with Crippen molar-refractivity contribution in [1.29, 1.82) is 0 Å². The molecule has 0 N–H and O–H groups in total. The van der Waals surface area contributed by atoms with Crippen molar-refractivity contribution in [3.05, 3.63) is 64.7 Å². The average Bonchev–Trinajstić information content (AvgIpc) is 3.34. The monoisotopic (exact) mass is 354 g/mol. The highest BCUT2D eigenvalue weighted by molar-refractivity contribution is 6.30. The van der Waals surface area contributed by atoms with E-state index < -0.39 is 5.72 Å². The second-order valence-electron chi connectivity index (χ2n) is 7.01. The van der Waals surface area contributed by atoms with E-state index in [0.29, 0.717) is 24.1 Å². The van der Waals surface area contributed by atoms with Crippen LogP contribution in [0.1, 0.15) is 24.0 Å². The van der Waals surface area contributed by atoms with E-state index in [1.54, 1.807) is 0 Å². The Morgan fingerprint density at radius 2 is 1.96 bits per heavy atom. The number of ether oxygens (including phenoxy) is 1. The lowest BCUT2D eigenvalue weighted by Gasteiger charge is -2.46. The summed E-state index contributed by atoms with van der Waals surface area (Å²) in [5.41, 5.74) is 1.97. The van der Waals surface area contributed by atoms with E-state index in [2.05, 4.69) is 0 Å². The largest absolute Gasteiger partial charge is 0.345 e. The van der Waals surface area contributed by atoms with E-state index in [1.165, 1.54) is 12.8 Å². The van der Waals surface area contributed by atoms with E-state index in [9.17, 15) is 4.79 Å². The van der Waals surface area contributed by atoms with Gasteiger partial charge in [0.25, 0.3) is 0 Å². The van der Waals surface area contributed by atoms with E-state index in [-0.39, 0.29) is 6.03 Å². The van der Waals surface area contributed by atoms with Crippen LogP contribution in [-0.4, -0.2) is 30.6 Å². The fraction of sp³-hybridized carbons (Fsp3) is 0.350. The Bertz CT molecular complexity index is 837. The molecular weight excluding hydrogens is 336 g/mol. The highest BCUT2D eigenvalue weighted by Gasteiger charge is 2.54. The van der Waals surface area contributed by atoms with Gasteiger partial charge in [0.1, 0.15) is 0 Å². The molecule has 1 saturated heterocycles. The first-order chi connectivity index (χ1) is 12.2. The lowest BCUT2D eigenvalue weighted by Crippen LogP contribution is -2.57. The van der Waals surface area contributed by atoms with Gasteiger partial charge < -0.3 is 4.74 Å². The van der Waals surface area contributed by atoms with Gasteiger partial charge in [-0.3, -0.25) is 9.80 Å². The van der Waals surface area contributed by atoms with Crippen molar-refractivity contribution < 1.29 is 9.53 Å². The number of fused-ring (bicyclic) bond motifs is 3. The van der Waals surface area contributed by atoms with Gasteiger partial charge in [-0.05, 0) is 37.0 Å². The molecule has 5 rings (SSSR count). The molecule has 128 valence electrons. The molecule has 2 amide bonds. The van der Waals surface area contributed by atoms with Gasteiger partial charge in [0.05, 0.1) is 12.3 Å². The second-order valence-corrected chi connectivity index (χ2v) is 7.44. The molecule has 2 aromatic rings. The van der Waals surface area contributed by atoms with Crippen LogP contribution in [0.4, 0.5) is 10.5 Å². The SMILES string of the molecule is O=C1N(CC2CC2)c2ccc(Cl)cc2C2(c3ccccc3)OCCN12. The van der Waals surface area contributed by atoms with E-state index >= 15 is 0 Å². The van der Waals surface area contributed by atoms with Gasteiger partial charge >= 0.3 is 6.03 Å². The van der Waals surface area contributed by atoms with Crippen molar-refractivity contribution in [3.63, 3.8) is 0 Å². The first-order valence-corrected chi connectivity index (χ1v) is 9.16. The fourth-order valence-corrected chi connectivity index (χ4v) is 4.20. The average molecular weight is 355 g/mol. The normalized spacial score (nSPS) is 25.1. The van der Waals surface area contributed by atoms with Gasteiger partial charge in [0, 0.05) is 29.2 Å². The Balaban J connectivity index is 1.74. The molecule has 0 radical (unpaired) electrons. The molecule has 1 atom stereocenters. The number of amides is 2. The lowest BCUT2D eigenvalue weighted by atomic mass is 9.89. The Morgan fingerprint density at radius 1 is 1.16 bits per heavy atom. The maximum atomic E-state index is 13.3. The third-order valence-electron chi connectivity index (χ3n) is 5.39. The molecule has 2 aromatic carbocycles. The van der Waals surface area contributed by atoms with Crippen molar-refractivity contribution in [3.8, 4) is 0 Å². The van der Waals surface area contributed by atoms with Crippen LogP contribution in [0.2, 0.25) is 5.02 Å². The summed E-state index contributed by atoms with van der Waals surface area (Å²) in [6.45, 7) is 1.87. The first-order valence-electron chi connectivity index (χ1n) is 8.79. The molecule has 0 bridgehead atoms. The summed E-state index contributed by atoms with van der Waals surface area (Å²) in [5, 5.41) is 0.658. The maximum Gasteiger partial charge on any atom is 0.327 e. The third kappa shape index (κ3) is 2.21. The van der Waals surface area contributed by atoms with Crippen LogP contribution >= 0.6 is 11.6 Å². The smallest absolute Gasteiger partial charge is 0.327 e. The highest BCUT2D eigenvalue weighted by atomic mass is 35.5. The second kappa shape index (κ2) is 5.48. The summed E-state index contributed by atoms with van der Waals surface area (Å²) in [6.07, 6.45) is 2.40. The Hall–Kier alpha value is -2.04. The van der Waals surface area contributed by atoms with Crippen LogP contribution < -0.4 is 4.90 Å². The molecule has 5 heteroatoms. The topological polar surface area (TPSA) is 32.8 Å². The number of halogens is 1. The van der Waals surface area contributed by atoms with Crippen LogP contribution in [0, 0.1) is 5.92 Å². The van der Waals surface area contributed by atoms with Gasteiger partial charge in [-0.2, -0.15) is 0 Å². The summed E-state index contributed by atoms with van der Waals surface area (Å²) in [5.74, 6) is 0.611. The molecule has 2 aliphatic heterocycles. The van der Waals surface area contributed by atoms with E-state index in [4.69, 9.17) is 16.3 Å². The van der Waals surface area contributed by atoms with Crippen LogP contribution in [0.25, 0.3) is 0 Å². The van der Waals surface area contributed by atoms with E-state index in [1.807, 2.05) is 58.3 Å². The standard InChI is InChI=1S/C20H19ClN2O2/c21-16-8-9-18-17(12-16)20(15-4-2-1-3-5-15)23(10-11-25-20)19(24)22(18)13-14-6-7-14/h1-5,8-9,12,14H,6-7,10-11,13H2. The zero-order chi connectivity index (χ0) is 17.0. The fourth-order valence-electron chi connectivity index (χ4n) is 4.03. The molecule has 2 heterocycles. The number of carbonyl (C=O) groups excluding carboxylic acids is 1.